The number of rotatable bonds is 7. The van der Waals surface area contributed by atoms with E-state index < -0.39 is 9.93 Å². The van der Waals surface area contributed by atoms with Gasteiger partial charge < -0.3 is 9.84 Å². The zero-order valence-corrected chi connectivity index (χ0v) is 15.1. The topological polar surface area (TPSA) is 29.5 Å². The van der Waals surface area contributed by atoms with Gasteiger partial charge in [-0.25, -0.2) is 0 Å². The van der Waals surface area contributed by atoms with Crippen LogP contribution < -0.4 is 0 Å². The Morgan fingerprint density at radius 2 is 2.00 bits per heavy atom. The third-order valence-corrected chi connectivity index (χ3v) is 7.30. The van der Waals surface area contributed by atoms with Gasteiger partial charge in [-0.3, -0.25) is 0 Å². The lowest BCUT2D eigenvalue weighted by molar-refractivity contribution is 0.0472. The average molecular weight is 337 g/mol. The van der Waals surface area contributed by atoms with E-state index >= 15 is 0 Å². The first-order valence-corrected chi connectivity index (χ1v) is 9.22. The minimum Gasteiger partial charge on any atom is -0.387 e. The molecule has 0 radical (unpaired) electrons. The number of methoxy groups -OCH3 is 1. The van der Waals surface area contributed by atoms with E-state index in [1.807, 2.05) is 0 Å². The highest BCUT2D eigenvalue weighted by Crippen LogP contribution is 2.62. The summed E-state index contributed by atoms with van der Waals surface area (Å²) in [6.45, 7) is 3.98. The Morgan fingerprint density at radius 1 is 1.29 bits per heavy atom. The number of ether oxygens (including phenoxy) is 1. The van der Waals surface area contributed by atoms with Crippen LogP contribution in [0.15, 0.2) is 0 Å². The molecule has 21 heavy (non-hydrogen) atoms. The lowest BCUT2D eigenvalue weighted by Crippen LogP contribution is -2.41. The van der Waals surface area contributed by atoms with Gasteiger partial charge in [0.2, 0.25) is 0 Å². The summed E-state index contributed by atoms with van der Waals surface area (Å²) < 4.78 is 4.46. The molecule has 1 N–H and O–H groups in total. The van der Waals surface area contributed by atoms with E-state index in [4.69, 9.17) is 27.9 Å². The fourth-order valence-electron chi connectivity index (χ4n) is 4.53. The Hall–Kier alpha value is 0.500. The maximum atomic E-state index is 10.5. The molecule has 2 aliphatic rings. The van der Waals surface area contributed by atoms with E-state index in [1.165, 1.54) is 25.7 Å². The highest BCUT2D eigenvalue weighted by Gasteiger charge is 2.62. The summed E-state index contributed by atoms with van der Waals surface area (Å²) in [5.74, 6) is 1.45. The number of hydrogen-bond donors (Lipinski definition) is 1. The molecule has 0 aromatic heterocycles. The normalized spacial score (nSPS) is 39.4. The Kier molecular flexibility index (Phi) is 5.90. The summed E-state index contributed by atoms with van der Waals surface area (Å²) >= 11 is 12.9. The third-order valence-electron chi connectivity index (χ3n) is 5.93. The second-order valence-corrected chi connectivity index (χ2v) is 8.64. The van der Waals surface area contributed by atoms with Crippen molar-refractivity contribution in [3.63, 3.8) is 0 Å². The van der Waals surface area contributed by atoms with Gasteiger partial charge in [-0.2, -0.15) is 0 Å². The molecule has 4 heteroatoms. The Morgan fingerprint density at radius 3 is 2.62 bits per heavy atom. The van der Waals surface area contributed by atoms with Crippen molar-refractivity contribution in [1.82, 2.24) is 0 Å². The van der Waals surface area contributed by atoms with E-state index in [9.17, 15) is 5.11 Å². The van der Waals surface area contributed by atoms with Crippen molar-refractivity contribution in [2.45, 2.75) is 81.3 Å². The van der Waals surface area contributed by atoms with E-state index in [0.717, 1.165) is 25.7 Å². The van der Waals surface area contributed by atoms with E-state index in [0.29, 0.717) is 17.9 Å². The van der Waals surface area contributed by atoms with Gasteiger partial charge in [-0.15, -0.1) is 0 Å². The molecular weight excluding hydrogens is 307 g/mol. The smallest absolute Gasteiger partial charge is 0.149 e. The maximum absolute atomic E-state index is 10.5. The minimum absolute atomic E-state index is 0.267. The fourth-order valence-corrected chi connectivity index (χ4v) is 5.23. The second-order valence-electron chi connectivity index (χ2n) is 7.26. The van der Waals surface area contributed by atoms with Crippen molar-refractivity contribution in [3.8, 4) is 0 Å². The lowest BCUT2D eigenvalue weighted by atomic mass is 9.87. The fraction of sp³-hybridized carbons (Fsp3) is 1.00. The van der Waals surface area contributed by atoms with E-state index in [1.54, 1.807) is 14.0 Å². The summed E-state index contributed by atoms with van der Waals surface area (Å²) in [6, 6.07) is 0. The highest BCUT2D eigenvalue weighted by atomic mass is 35.5. The molecule has 0 spiro atoms. The first-order chi connectivity index (χ1) is 9.83. The molecule has 0 aromatic rings. The van der Waals surface area contributed by atoms with Crippen LogP contribution in [-0.4, -0.2) is 28.3 Å². The lowest BCUT2D eigenvalue weighted by Gasteiger charge is -2.32. The van der Waals surface area contributed by atoms with Crippen LogP contribution in [0, 0.1) is 17.8 Å². The third kappa shape index (κ3) is 3.54. The predicted molar refractivity (Wildman–Crippen MR) is 88.9 cm³/mol. The van der Waals surface area contributed by atoms with Crippen LogP contribution >= 0.6 is 23.2 Å². The highest BCUT2D eigenvalue weighted by molar-refractivity contribution is 6.49. The van der Waals surface area contributed by atoms with Crippen LogP contribution in [0.2, 0.25) is 0 Å². The molecule has 124 valence electrons. The van der Waals surface area contributed by atoms with Crippen LogP contribution in [0.25, 0.3) is 0 Å². The Bertz CT molecular complexity index is 340. The SMILES string of the molecule is CCC(CCCCC1CCC2C1CC(C)(O)C2(Cl)Cl)OC. The van der Waals surface area contributed by atoms with Crippen molar-refractivity contribution < 1.29 is 9.84 Å². The van der Waals surface area contributed by atoms with Gasteiger partial charge in [0.25, 0.3) is 0 Å². The van der Waals surface area contributed by atoms with Crippen molar-refractivity contribution in [1.29, 1.82) is 0 Å². The zero-order valence-electron chi connectivity index (χ0n) is 13.6. The average Bonchev–Trinajstić information content (AvgIpc) is 2.88. The van der Waals surface area contributed by atoms with Crippen molar-refractivity contribution in [3.05, 3.63) is 0 Å². The summed E-state index contributed by atoms with van der Waals surface area (Å²) in [5, 5.41) is 10.5. The van der Waals surface area contributed by atoms with Crippen molar-refractivity contribution in [2.75, 3.05) is 7.11 Å². The Labute approximate surface area is 139 Å². The van der Waals surface area contributed by atoms with E-state index in [2.05, 4.69) is 6.92 Å². The monoisotopic (exact) mass is 336 g/mol. The first kappa shape index (κ1) is 17.8. The van der Waals surface area contributed by atoms with Crippen LogP contribution in [0.4, 0.5) is 0 Å². The number of hydrogen-bond acceptors (Lipinski definition) is 2. The molecular formula is C17H30Cl2O2. The predicted octanol–water partition coefficient (Wildman–Crippen LogP) is 4.94. The molecule has 0 bridgehead atoms. The maximum Gasteiger partial charge on any atom is 0.149 e. The summed E-state index contributed by atoms with van der Waals surface area (Å²) in [7, 11) is 1.80. The molecule has 0 saturated heterocycles. The molecule has 0 amide bonds. The largest absolute Gasteiger partial charge is 0.387 e. The van der Waals surface area contributed by atoms with Gasteiger partial charge in [0.05, 0.1) is 11.7 Å². The number of fused-ring (bicyclic) bond motifs is 1. The van der Waals surface area contributed by atoms with Crippen LogP contribution in [0.1, 0.15) is 65.2 Å². The van der Waals surface area contributed by atoms with Gasteiger partial charge in [0.15, 0.2) is 0 Å². The minimum atomic E-state index is -0.963. The van der Waals surface area contributed by atoms with Crippen molar-refractivity contribution in [2.24, 2.45) is 17.8 Å². The molecule has 0 aliphatic heterocycles. The van der Waals surface area contributed by atoms with Gasteiger partial charge in [-0.05, 0) is 56.8 Å². The molecule has 2 fully saturated rings. The molecule has 2 nitrogen and oxygen atoms in total. The number of halogens is 2. The molecule has 0 aromatic carbocycles. The van der Waals surface area contributed by atoms with Crippen LogP contribution in [-0.2, 0) is 4.74 Å². The molecule has 2 saturated carbocycles. The van der Waals surface area contributed by atoms with E-state index in [-0.39, 0.29) is 5.92 Å². The summed E-state index contributed by atoms with van der Waals surface area (Å²) in [4.78, 5) is 0. The van der Waals surface area contributed by atoms with Gasteiger partial charge >= 0.3 is 0 Å². The molecule has 5 unspecified atom stereocenters. The number of aliphatic hydroxyl groups is 1. The van der Waals surface area contributed by atoms with Crippen LogP contribution in [0.5, 0.6) is 0 Å². The summed E-state index contributed by atoms with van der Waals surface area (Å²) in [5.41, 5.74) is -0.937. The zero-order chi connectivity index (χ0) is 15.7. The summed E-state index contributed by atoms with van der Waals surface area (Å²) in [6.07, 6.45) is 9.40. The standard InChI is InChI=1S/C17H30Cl2O2/c1-4-13(21-3)8-6-5-7-12-9-10-15-14(12)11-16(2,20)17(15,18)19/h12-15,20H,4-11H2,1-3H3. The Balaban J connectivity index is 1.79. The number of alkyl halides is 2. The molecule has 5 atom stereocenters. The molecule has 2 aliphatic carbocycles. The van der Waals surface area contributed by atoms with Gasteiger partial charge in [0, 0.05) is 7.11 Å². The molecule has 0 heterocycles. The van der Waals surface area contributed by atoms with Gasteiger partial charge in [0.1, 0.15) is 4.33 Å². The second kappa shape index (κ2) is 6.95. The molecule has 2 rings (SSSR count). The quantitative estimate of drug-likeness (QED) is 0.526. The van der Waals surface area contributed by atoms with Crippen LogP contribution in [0.3, 0.4) is 0 Å². The van der Waals surface area contributed by atoms with Gasteiger partial charge in [-0.1, -0.05) is 49.4 Å². The number of unbranched alkanes of at least 4 members (excludes halogenated alkanes) is 1. The van der Waals surface area contributed by atoms with Crippen molar-refractivity contribution >= 4 is 23.2 Å². The first-order valence-electron chi connectivity index (χ1n) is 8.46.